The van der Waals surface area contributed by atoms with Crippen molar-refractivity contribution in [2.45, 2.75) is 20.4 Å². The normalized spacial score (nSPS) is 11.2. The van der Waals surface area contributed by atoms with Gasteiger partial charge >= 0.3 is 0 Å². The fourth-order valence-corrected chi connectivity index (χ4v) is 4.27. The first kappa shape index (κ1) is 21.4. The number of hydrogen-bond donors (Lipinski definition) is 1. The smallest absolute Gasteiger partial charge is 0.100 e. The summed E-state index contributed by atoms with van der Waals surface area (Å²) >= 11 is 6.81. The number of H-pyrrole nitrogens is 1. The number of carbonyl (C=O) groups excluding carboxylic acids is 1. The maximum absolute atomic E-state index is 11.2. The molecule has 0 saturated heterocycles. The summed E-state index contributed by atoms with van der Waals surface area (Å²) in [6.07, 6.45) is 5.54. The summed E-state index contributed by atoms with van der Waals surface area (Å²) in [4.78, 5) is 11.2. The summed E-state index contributed by atoms with van der Waals surface area (Å²) in [5.74, 6) is 0. The molecule has 0 unspecified atom stereocenters. The molecular formula is C22H18ClN6ORe-. The van der Waals surface area contributed by atoms with Gasteiger partial charge in [0.2, 0.25) is 0 Å². The number of nitrogens with one attached hydrogen (secondary N) is 1. The molecule has 0 amide bonds. The van der Waals surface area contributed by atoms with Crippen molar-refractivity contribution < 1.29 is 25.2 Å². The number of halogens is 1. The van der Waals surface area contributed by atoms with Crippen LogP contribution in [-0.2, 0) is 38.8 Å². The van der Waals surface area contributed by atoms with Crippen molar-refractivity contribution >= 4 is 39.7 Å². The van der Waals surface area contributed by atoms with Gasteiger partial charge in [-0.25, -0.2) is 6.29 Å². The molecule has 0 bridgehead atoms. The molecule has 5 aromatic rings. The Kier molecular flexibility index (Phi) is 5.56. The third-order valence-electron chi connectivity index (χ3n) is 5.56. The molecule has 1 N–H and O–H groups in total. The second kappa shape index (κ2) is 8.04. The van der Waals surface area contributed by atoms with E-state index < -0.39 is 0 Å². The average molecular weight is 604 g/mol. The monoisotopic (exact) mass is 604 g/mol. The fraction of sp³-hybridized carbons (Fsp3) is 0.182. The Hall–Kier alpha value is -2.79. The predicted octanol–water partition coefficient (Wildman–Crippen LogP) is 4.36. The zero-order valence-corrected chi connectivity index (χ0v) is 20.5. The van der Waals surface area contributed by atoms with Gasteiger partial charge in [-0.2, -0.15) is 15.3 Å². The molecule has 0 fully saturated rings. The van der Waals surface area contributed by atoms with Crippen LogP contribution in [0.4, 0.5) is 0 Å². The Labute approximate surface area is 197 Å². The van der Waals surface area contributed by atoms with E-state index >= 15 is 0 Å². The van der Waals surface area contributed by atoms with E-state index in [1.165, 1.54) is 0 Å². The van der Waals surface area contributed by atoms with E-state index in [-0.39, 0.29) is 27.0 Å². The summed E-state index contributed by atoms with van der Waals surface area (Å²) < 4.78 is 3.49. The van der Waals surface area contributed by atoms with Crippen LogP contribution in [0.2, 0.25) is 5.02 Å². The van der Waals surface area contributed by atoms with E-state index in [2.05, 4.69) is 21.4 Å². The van der Waals surface area contributed by atoms with Crippen molar-refractivity contribution in [3.05, 3.63) is 52.9 Å². The van der Waals surface area contributed by atoms with Crippen molar-refractivity contribution in [3.8, 4) is 22.4 Å². The van der Waals surface area contributed by atoms with Crippen LogP contribution in [0, 0.1) is 13.8 Å². The average Bonchev–Trinajstić information content (AvgIpc) is 3.42. The predicted molar refractivity (Wildman–Crippen MR) is 117 cm³/mol. The molecule has 9 heteroatoms. The van der Waals surface area contributed by atoms with Gasteiger partial charge < -0.3 is 4.79 Å². The van der Waals surface area contributed by atoms with E-state index in [0.29, 0.717) is 5.02 Å². The molecule has 2 aromatic carbocycles. The van der Waals surface area contributed by atoms with Gasteiger partial charge in [-0.15, -0.1) is 0 Å². The minimum absolute atomic E-state index is 0. The van der Waals surface area contributed by atoms with E-state index in [9.17, 15) is 4.79 Å². The van der Waals surface area contributed by atoms with Crippen LogP contribution in [0.1, 0.15) is 11.3 Å². The Balaban J connectivity index is 0.00000231. The minimum Gasteiger partial charge on any atom is -0.540 e. The summed E-state index contributed by atoms with van der Waals surface area (Å²) in [5, 5.41) is 18.9. The number of aromatic amines is 1. The second-order valence-corrected chi connectivity index (χ2v) is 7.74. The van der Waals surface area contributed by atoms with E-state index in [1.54, 1.807) is 10.9 Å². The summed E-state index contributed by atoms with van der Waals surface area (Å²) in [5.41, 5.74) is 7.12. The van der Waals surface area contributed by atoms with Crippen molar-refractivity contribution in [1.82, 2.24) is 29.8 Å². The number of benzene rings is 2. The molecule has 1 radical (unpaired) electrons. The molecule has 0 spiro atoms. The van der Waals surface area contributed by atoms with Gasteiger partial charge in [-0.3, -0.25) is 14.5 Å². The van der Waals surface area contributed by atoms with Crippen molar-refractivity contribution in [2.75, 3.05) is 0 Å². The molecule has 0 aliphatic heterocycles. The van der Waals surface area contributed by atoms with Crippen molar-refractivity contribution in [2.24, 2.45) is 7.05 Å². The third kappa shape index (κ3) is 3.32. The van der Waals surface area contributed by atoms with Crippen LogP contribution in [0.25, 0.3) is 44.2 Å². The first-order valence-corrected chi connectivity index (χ1v) is 9.84. The number of aromatic nitrogens is 6. The van der Waals surface area contributed by atoms with Crippen LogP contribution in [0.5, 0.6) is 0 Å². The van der Waals surface area contributed by atoms with Gasteiger partial charge in [-0.05, 0) is 37.6 Å². The Bertz CT molecular complexity index is 1450. The standard InChI is InChI=1S/C22H18ClN6O.Re/c1-12-8-17-16(11-24-26-17)20(21(12)23)19-13(2)29(6-7-30)27-22(19)14-4-5-18-15(9-14)10-25-28(18)3;/h4-5,8-11H,6H2,1-3H3,(H,24,26);/q-1;. The minimum atomic E-state index is 0. The quantitative estimate of drug-likeness (QED) is 0.310. The largest absolute Gasteiger partial charge is 0.540 e. The van der Waals surface area contributed by atoms with Gasteiger partial charge in [0.15, 0.2) is 0 Å². The van der Waals surface area contributed by atoms with Crippen molar-refractivity contribution in [1.29, 1.82) is 0 Å². The number of nitrogens with zero attached hydrogens (tertiary/aromatic N) is 5. The number of fused-ring (bicyclic) bond motifs is 2. The van der Waals surface area contributed by atoms with Crippen molar-refractivity contribution in [3.63, 3.8) is 0 Å². The van der Waals surface area contributed by atoms with E-state index in [0.717, 1.165) is 55.4 Å². The molecule has 0 aliphatic rings. The maximum Gasteiger partial charge on any atom is 0.100 e. The fourth-order valence-electron chi connectivity index (χ4n) is 4.02. The Morgan fingerprint density at radius 1 is 1.16 bits per heavy atom. The third-order valence-corrected chi connectivity index (χ3v) is 6.04. The SMILES string of the molecule is Cc1cc2[nH]ncc2c(-c2c(-c3ccc4c(cnn4C)c3)nn(C[C-]=O)c2C)c1Cl.[Re]. The molecular weight excluding hydrogens is 586 g/mol. The zero-order chi connectivity index (χ0) is 21.0. The molecule has 3 heterocycles. The molecule has 157 valence electrons. The van der Waals surface area contributed by atoms with Gasteiger partial charge in [0, 0.05) is 60.6 Å². The summed E-state index contributed by atoms with van der Waals surface area (Å²) in [6, 6.07) is 8.07. The molecule has 31 heavy (non-hydrogen) atoms. The van der Waals surface area contributed by atoms with Crippen LogP contribution in [0.15, 0.2) is 36.7 Å². The number of aryl methyl sites for hydroxylation is 2. The summed E-state index contributed by atoms with van der Waals surface area (Å²) in [7, 11) is 1.91. The zero-order valence-electron chi connectivity index (χ0n) is 17.1. The van der Waals surface area contributed by atoms with Gasteiger partial charge in [0.1, 0.15) is 5.69 Å². The molecule has 0 saturated carbocycles. The van der Waals surface area contributed by atoms with Crippen LogP contribution in [-0.4, -0.2) is 36.0 Å². The van der Waals surface area contributed by atoms with E-state index in [4.69, 9.17) is 16.7 Å². The molecule has 5 rings (SSSR count). The number of hydrogen-bond acceptors (Lipinski definition) is 4. The first-order valence-electron chi connectivity index (χ1n) is 9.46. The number of rotatable bonds is 4. The van der Waals surface area contributed by atoms with Crippen LogP contribution in [0.3, 0.4) is 0 Å². The van der Waals surface area contributed by atoms with Crippen LogP contribution < -0.4 is 0 Å². The van der Waals surface area contributed by atoms with Gasteiger partial charge in [-0.1, -0.05) is 24.2 Å². The van der Waals surface area contributed by atoms with Crippen LogP contribution >= 0.6 is 11.6 Å². The Morgan fingerprint density at radius 3 is 2.74 bits per heavy atom. The summed E-state index contributed by atoms with van der Waals surface area (Å²) in [6.45, 7) is 3.95. The molecule has 0 atom stereocenters. The first-order chi connectivity index (χ1) is 14.5. The maximum atomic E-state index is 11.2. The molecule has 0 aliphatic carbocycles. The Morgan fingerprint density at radius 2 is 1.97 bits per heavy atom. The van der Waals surface area contributed by atoms with E-state index in [1.807, 2.05) is 56.3 Å². The molecule has 3 aromatic heterocycles. The second-order valence-electron chi connectivity index (χ2n) is 7.37. The van der Waals surface area contributed by atoms with Gasteiger partial charge in [0.05, 0.1) is 28.4 Å². The van der Waals surface area contributed by atoms with Gasteiger partial charge in [0.25, 0.3) is 0 Å². The molecule has 7 nitrogen and oxygen atoms in total. The topological polar surface area (TPSA) is 81.4 Å².